The monoisotopic (exact) mass is 474 g/mol. The summed E-state index contributed by atoms with van der Waals surface area (Å²) in [6.45, 7) is 1.86. The molecule has 0 bridgehead atoms. The second-order valence-electron chi connectivity index (χ2n) is 8.12. The fourth-order valence-electron chi connectivity index (χ4n) is 4.00. The summed E-state index contributed by atoms with van der Waals surface area (Å²) < 4.78 is 54.8. The zero-order valence-corrected chi connectivity index (χ0v) is 18.7. The number of alkyl halides is 3. The van der Waals surface area contributed by atoms with Gasteiger partial charge < -0.3 is 13.9 Å². The average Bonchev–Trinajstić information content (AvgIpc) is 3.49. The molecule has 3 aromatic rings. The fourth-order valence-corrected chi connectivity index (χ4v) is 4.00. The van der Waals surface area contributed by atoms with Crippen molar-refractivity contribution >= 4 is 5.97 Å². The molecule has 0 N–H and O–H groups in total. The Bertz CT molecular complexity index is 1110. The van der Waals surface area contributed by atoms with Crippen LogP contribution in [-0.2, 0) is 28.7 Å². The molecule has 1 aliphatic heterocycles. The van der Waals surface area contributed by atoms with Crippen LogP contribution in [0.3, 0.4) is 0 Å². The van der Waals surface area contributed by atoms with Gasteiger partial charge in [0.05, 0.1) is 25.0 Å². The lowest BCUT2D eigenvalue weighted by Gasteiger charge is -2.22. The van der Waals surface area contributed by atoms with Gasteiger partial charge in [-0.05, 0) is 55.3 Å². The third-order valence-electron chi connectivity index (χ3n) is 5.76. The number of aromatic nitrogens is 1. The highest BCUT2D eigenvalue weighted by Crippen LogP contribution is 2.32. The predicted octanol–water partition coefficient (Wildman–Crippen LogP) is 5.12. The third-order valence-corrected chi connectivity index (χ3v) is 5.76. The number of oxazole rings is 1. The molecule has 6 nitrogen and oxygen atoms in total. The van der Waals surface area contributed by atoms with Crippen LogP contribution in [0.4, 0.5) is 13.2 Å². The molecular formula is C25H25F3N2O4. The number of likely N-dealkylation sites (tertiary alicyclic amines) is 1. The lowest BCUT2D eigenvalue weighted by molar-refractivity contribution is -0.146. The summed E-state index contributed by atoms with van der Waals surface area (Å²) in [4.78, 5) is 18.3. The lowest BCUT2D eigenvalue weighted by Crippen LogP contribution is -2.36. The van der Waals surface area contributed by atoms with E-state index >= 15 is 0 Å². The molecule has 34 heavy (non-hydrogen) atoms. The van der Waals surface area contributed by atoms with Crippen LogP contribution < -0.4 is 4.74 Å². The molecule has 1 aliphatic rings. The van der Waals surface area contributed by atoms with E-state index in [1.807, 2.05) is 24.3 Å². The standard InChI is InChI=1S/C25H25F3N2O4/c1-32-24(31)22-6-3-12-30(22)15-17-7-9-21(10-8-17)33-13-11-20-16-34-23(29-20)18-4-2-5-19(14-18)25(26,27)28/h2,4-5,7-10,14,16,22H,3,6,11-13,15H2,1H3. The number of esters is 1. The maximum absolute atomic E-state index is 12.9. The van der Waals surface area contributed by atoms with E-state index in [-0.39, 0.29) is 23.5 Å². The maximum atomic E-state index is 12.9. The first-order valence-corrected chi connectivity index (χ1v) is 11.0. The van der Waals surface area contributed by atoms with Gasteiger partial charge in [-0.2, -0.15) is 13.2 Å². The van der Waals surface area contributed by atoms with E-state index in [9.17, 15) is 18.0 Å². The van der Waals surface area contributed by atoms with E-state index in [0.717, 1.165) is 37.1 Å². The van der Waals surface area contributed by atoms with E-state index in [0.29, 0.717) is 31.0 Å². The second-order valence-corrected chi connectivity index (χ2v) is 8.12. The van der Waals surface area contributed by atoms with E-state index in [1.54, 1.807) is 0 Å². The Morgan fingerprint density at radius 3 is 2.74 bits per heavy atom. The highest BCUT2D eigenvalue weighted by molar-refractivity contribution is 5.76. The van der Waals surface area contributed by atoms with Gasteiger partial charge in [0.25, 0.3) is 0 Å². The van der Waals surface area contributed by atoms with E-state index < -0.39 is 11.7 Å². The minimum Gasteiger partial charge on any atom is -0.493 e. The summed E-state index contributed by atoms with van der Waals surface area (Å²) >= 11 is 0. The maximum Gasteiger partial charge on any atom is 0.416 e. The first kappa shape index (κ1) is 23.8. The topological polar surface area (TPSA) is 64.8 Å². The van der Waals surface area contributed by atoms with Crippen LogP contribution in [-0.4, -0.2) is 42.2 Å². The van der Waals surface area contributed by atoms with Gasteiger partial charge in [-0.1, -0.05) is 18.2 Å². The highest BCUT2D eigenvalue weighted by Gasteiger charge is 2.32. The Labute approximate surface area is 195 Å². The molecule has 0 amide bonds. The molecule has 0 aliphatic carbocycles. The second kappa shape index (κ2) is 10.3. The molecule has 4 rings (SSSR count). The van der Waals surface area contributed by atoms with Gasteiger partial charge in [0.2, 0.25) is 5.89 Å². The molecule has 1 saturated heterocycles. The molecule has 1 fully saturated rings. The number of benzene rings is 2. The van der Waals surface area contributed by atoms with Crippen molar-refractivity contribution in [3.63, 3.8) is 0 Å². The number of nitrogens with zero attached hydrogens (tertiary/aromatic N) is 2. The van der Waals surface area contributed by atoms with Crippen molar-refractivity contribution in [2.24, 2.45) is 0 Å². The Morgan fingerprint density at radius 2 is 2.00 bits per heavy atom. The van der Waals surface area contributed by atoms with Crippen LogP contribution in [0, 0.1) is 0 Å². The average molecular weight is 474 g/mol. The molecule has 0 saturated carbocycles. The zero-order valence-electron chi connectivity index (χ0n) is 18.7. The van der Waals surface area contributed by atoms with Crippen LogP contribution in [0.1, 0.15) is 29.7 Å². The van der Waals surface area contributed by atoms with Crippen LogP contribution >= 0.6 is 0 Å². The van der Waals surface area contributed by atoms with Crippen molar-refractivity contribution in [2.45, 2.75) is 38.0 Å². The van der Waals surface area contributed by atoms with Crippen molar-refractivity contribution < 1.29 is 31.9 Å². The molecular weight excluding hydrogens is 449 g/mol. The smallest absolute Gasteiger partial charge is 0.416 e. The minimum atomic E-state index is -4.42. The van der Waals surface area contributed by atoms with Crippen LogP contribution in [0.15, 0.2) is 59.2 Å². The molecule has 9 heteroatoms. The SMILES string of the molecule is COC(=O)C1CCCN1Cc1ccc(OCCc2coc(-c3cccc(C(F)(F)F)c3)n2)cc1. The van der Waals surface area contributed by atoms with E-state index in [2.05, 4.69) is 9.88 Å². The summed E-state index contributed by atoms with van der Waals surface area (Å²) in [6, 6.07) is 12.4. The number of methoxy groups -OCH3 is 1. The Morgan fingerprint density at radius 1 is 1.21 bits per heavy atom. The number of halogens is 3. The minimum absolute atomic E-state index is 0.137. The largest absolute Gasteiger partial charge is 0.493 e. The molecule has 2 heterocycles. The summed E-state index contributed by atoms with van der Waals surface area (Å²) in [5, 5.41) is 0. The number of carbonyl (C=O) groups excluding carboxylic acids is 1. The van der Waals surface area contributed by atoms with Crippen LogP contribution in [0.2, 0.25) is 0 Å². The molecule has 2 aromatic carbocycles. The molecule has 1 unspecified atom stereocenters. The van der Waals surface area contributed by atoms with Crippen molar-refractivity contribution in [3.8, 4) is 17.2 Å². The number of hydrogen-bond donors (Lipinski definition) is 0. The molecule has 180 valence electrons. The Kier molecular flexibility index (Phi) is 7.21. The molecule has 0 spiro atoms. The van der Waals surface area contributed by atoms with Crippen molar-refractivity contribution in [1.29, 1.82) is 0 Å². The van der Waals surface area contributed by atoms with E-state index in [4.69, 9.17) is 13.9 Å². The lowest BCUT2D eigenvalue weighted by atomic mass is 10.1. The van der Waals surface area contributed by atoms with E-state index in [1.165, 1.54) is 25.5 Å². The van der Waals surface area contributed by atoms with Crippen molar-refractivity contribution in [3.05, 3.63) is 71.6 Å². The van der Waals surface area contributed by atoms with Gasteiger partial charge in [-0.3, -0.25) is 9.69 Å². The van der Waals surface area contributed by atoms with Crippen LogP contribution in [0.25, 0.3) is 11.5 Å². The fraction of sp³-hybridized carbons (Fsp3) is 0.360. The normalized spacial score (nSPS) is 16.5. The molecule has 1 atom stereocenters. The summed E-state index contributed by atoms with van der Waals surface area (Å²) in [5.74, 6) is 0.635. The van der Waals surface area contributed by atoms with Crippen molar-refractivity contribution in [1.82, 2.24) is 9.88 Å². The number of hydrogen-bond acceptors (Lipinski definition) is 6. The van der Waals surface area contributed by atoms with Gasteiger partial charge in [0.15, 0.2) is 0 Å². The van der Waals surface area contributed by atoms with Gasteiger partial charge in [-0.15, -0.1) is 0 Å². The van der Waals surface area contributed by atoms with Crippen LogP contribution in [0.5, 0.6) is 5.75 Å². The first-order chi connectivity index (χ1) is 16.3. The van der Waals surface area contributed by atoms with Crippen molar-refractivity contribution in [2.75, 3.05) is 20.3 Å². The first-order valence-electron chi connectivity index (χ1n) is 11.0. The third kappa shape index (κ3) is 5.77. The number of ether oxygens (including phenoxy) is 2. The molecule has 0 radical (unpaired) electrons. The predicted molar refractivity (Wildman–Crippen MR) is 118 cm³/mol. The Balaban J connectivity index is 1.28. The van der Waals surface area contributed by atoms with Gasteiger partial charge in [0, 0.05) is 18.5 Å². The molecule has 1 aromatic heterocycles. The highest BCUT2D eigenvalue weighted by atomic mass is 19.4. The van der Waals surface area contributed by atoms with Gasteiger partial charge in [-0.25, -0.2) is 4.98 Å². The zero-order chi connectivity index (χ0) is 24.1. The van der Waals surface area contributed by atoms with Gasteiger partial charge in [0.1, 0.15) is 18.1 Å². The Hall–Kier alpha value is -3.33. The quantitative estimate of drug-likeness (QED) is 0.423. The summed E-state index contributed by atoms with van der Waals surface area (Å²) in [7, 11) is 1.41. The summed E-state index contributed by atoms with van der Waals surface area (Å²) in [6.07, 6.45) is -0.773. The number of rotatable bonds is 8. The van der Waals surface area contributed by atoms with Gasteiger partial charge >= 0.3 is 12.1 Å². The number of carbonyl (C=O) groups is 1. The summed E-state index contributed by atoms with van der Waals surface area (Å²) in [5.41, 5.74) is 1.18.